The molecule has 0 saturated heterocycles. The van der Waals surface area contributed by atoms with Gasteiger partial charge in [0.05, 0.1) is 0 Å². The number of nitrogens with one attached hydrogen (secondary N) is 1. The average molecular weight is 421 g/mol. The van der Waals surface area contributed by atoms with Crippen LogP contribution in [0, 0.1) is 34.5 Å². The molecule has 1 N–H and O–H groups in total. The van der Waals surface area contributed by atoms with Crippen molar-refractivity contribution in [1.82, 2.24) is 10.2 Å². The van der Waals surface area contributed by atoms with Crippen LogP contribution in [0.5, 0.6) is 0 Å². The van der Waals surface area contributed by atoms with Crippen LogP contribution in [-0.2, 0) is 4.79 Å². The summed E-state index contributed by atoms with van der Waals surface area (Å²) in [6.45, 7) is 5.69. The van der Waals surface area contributed by atoms with Crippen LogP contribution < -0.4 is 5.32 Å². The van der Waals surface area contributed by atoms with Crippen LogP contribution in [0.2, 0.25) is 0 Å². The molecule has 4 aliphatic rings. The first kappa shape index (κ1) is 20.8. The maximum atomic E-state index is 12.6. The Hall–Kier alpha value is -2.10. The Balaban J connectivity index is 1.31. The molecule has 31 heavy (non-hydrogen) atoms. The third-order valence-electron chi connectivity index (χ3n) is 9.87. The van der Waals surface area contributed by atoms with Gasteiger partial charge in [-0.2, -0.15) is 0 Å². The molecule has 7 atom stereocenters. The molecule has 1 unspecified atom stereocenters. The number of carbonyl (C=O) groups is 2. The van der Waals surface area contributed by atoms with Gasteiger partial charge in [0.25, 0.3) is 5.91 Å². The van der Waals surface area contributed by atoms with E-state index in [9.17, 15) is 9.59 Å². The second kappa shape index (κ2) is 7.50. The number of rotatable bonds is 3. The Kier molecular flexibility index (Phi) is 5.02. The quantitative estimate of drug-likeness (QED) is 0.772. The molecule has 4 nitrogen and oxygen atoms in total. The monoisotopic (exact) mass is 420 g/mol. The molecular weight excluding hydrogens is 384 g/mol. The average Bonchev–Trinajstić information content (AvgIpc) is 3.12. The summed E-state index contributed by atoms with van der Waals surface area (Å²) in [5.74, 6) is 2.91. The SMILES string of the molecule is CN1C(=O)C=C[C@]2(C)[C@H]3CC[C@]4(C)C(CNC(=O)c5ccccc5)CC[C@H]4[C@@H]3CC[C@@H]12. The third-order valence-corrected chi connectivity index (χ3v) is 9.87. The molecule has 1 aliphatic heterocycles. The van der Waals surface area contributed by atoms with E-state index in [-0.39, 0.29) is 17.2 Å². The van der Waals surface area contributed by atoms with Crippen molar-refractivity contribution in [2.45, 2.75) is 58.4 Å². The van der Waals surface area contributed by atoms with Crippen molar-refractivity contribution in [1.29, 1.82) is 0 Å². The van der Waals surface area contributed by atoms with Gasteiger partial charge < -0.3 is 10.2 Å². The summed E-state index contributed by atoms with van der Waals surface area (Å²) in [5.41, 5.74) is 1.17. The van der Waals surface area contributed by atoms with Crippen molar-refractivity contribution < 1.29 is 9.59 Å². The zero-order chi connectivity index (χ0) is 21.8. The molecule has 1 aromatic rings. The molecule has 3 aliphatic carbocycles. The van der Waals surface area contributed by atoms with E-state index in [0.29, 0.717) is 23.3 Å². The van der Waals surface area contributed by atoms with E-state index in [1.54, 1.807) is 0 Å². The maximum absolute atomic E-state index is 12.6. The summed E-state index contributed by atoms with van der Waals surface area (Å²) in [6, 6.07) is 9.91. The van der Waals surface area contributed by atoms with Gasteiger partial charge in [0, 0.05) is 30.6 Å². The van der Waals surface area contributed by atoms with Crippen molar-refractivity contribution >= 4 is 11.8 Å². The van der Waals surface area contributed by atoms with Gasteiger partial charge in [-0.15, -0.1) is 0 Å². The Morgan fingerprint density at radius 1 is 1.06 bits per heavy atom. The molecule has 0 aromatic heterocycles. The minimum Gasteiger partial charge on any atom is -0.352 e. The van der Waals surface area contributed by atoms with Crippen LogP contribution in [-0.4, -0.2) is 36.3 Å². The second-order valence-corrected chi connectivity index (χ2v) is 11.0. The van der Waals surface area contributed by atoms with Crippen molar-refractivity contribution in [3.8, 4) is 0 Å². The number of hydrogen-bond acceptors (Lipinski definition) is 2. The van der Waals surface area contributed by atoms with E-state index in [1.165, 1.54) is 32.1 Å². The molecule has 2 amide bonds. The van der Waals surface area contributed by atoms with Crippen molar-refractivity contribution in [2.75, 3.05) is 13.6 Å². The van der Waals surface area contributed by atoms with E-state index in [4.69, 9.17) is 0 Å². The number of likely N-dealkylation sites (N-methyl/N-ethyl adjacent to an activating group) is 1. The van der Waals surface area contributed by atoms with Gasteiger partial charge in [0.2, 0.25) is 5.91 Å². The number of fused-ring (bicyclic) bond motifs is 5. The van der Waals surface area contributed by atoms with E-state index in [0.717, 1.165) is 30.4 Å². The van der Waals surface area contributed by atoms with Gasteiger partial charge in [0.15, 0.2) is 0 Å². The molecule has 3 fully saturated rings. The summed E-state index contributed by atoms with van der Waals surface area (Å²) in [6.07, 6.45) is 11.4. The van der Waals surface area contributed by atoms with Gasteiger partial charge in [-0.3, -0.25) is 9.59 Å². The maximum Gasteiger partial charge on any atom is 0.251 e. The highest BCUT2D eigenvalue weighted by atomic mass is 16.2. The topological polar surface area (TPSA) is 49.4 Å². The molecule has 166 valence electrons. The zero-order valence-corrected chi connectivity index (χ0v) is 19.1. The fourth-order valence-electron chi connectivity index (χ4n) is 8.09. The summed E-state index contributed by atoms with van der Waals surface area (Å²) in [4.78, 5) is 26.9. The van der Waals surface area contributed by atoms with Crippen LogP contribution in [0.3, 0.4) is 0 Å². The van der Waals surface area contributed by atoms with Gasteiger partial charge in [-0.1, -0.05) is 38.1 Å². The largest absolute Gasteiger partial charge is 0.352 e. The first-order valence-corrected chi connectivity index (χ1v) is 12.1. The molecular formula is C27H36N2O2. The number of nitrogens with zero attached hydrogens (tertiary/aromatic N) is 1. The highest BCUT2D eigenvalue weighted by Gasteiger charge is 2.60. The first-order chi connectivity index (χ1) is 14.8. The summed E-state index contributed by atoms with van der Waals surface area (Å²) < 4.78 is 0. The van der Waals surface area contributed by atoms with Gasteiger partial charge in [-0.25, -0.2) is 0 Å². The fraction of sp³-hybridized carbons (Fsp3) is 0.630. The summed E-state index contributed by atoms with van der Waals surface area (Å²) >= 11 is 0. The fourth-order valence-corrected chi connectivity index (χ4v) is 8.09. The first-order valence-electron chi connectivity index (χ1n) is 12.1. The number of carbonyl (C=O) groups excluding carboxylic acids is 2. The lowest BCUT2D eigenvalue weighted by molar-refractivity contribution is -0.138. The molecule has 5 rings (SSSR count). The van der Waals surface area contributed by atoms with Crippen molar-refractivity contribution in [3.63, 3.8) is 0 Å². The third kappa shape index (κ3) is 3.16. The van der Waals surface area contributed by atoms with Crippen LogP contribution in [0.25, 0.3) is 0 Å². The summed E-state index contributed by atoms with van der Waals surface area (Å²) in [5, 5.41) is 3.24. The molecule has 0 spiro atoms. The van der Waals surface area contributed by atoms with Gasteiger partial charge >= 0.3 is 0 Å². The van der Waals surface area contributed by atoms with Gasteiger partial charge in [0.1, 0.15) is 0 Å². The molecule has 1 heterocycles. The predicted octanol–water partition coefficient (Wildman–Crippen LogP) is 4.67. The summed E-state index contributed by atoms with van der Waals surface area (Å²) in [7, 11) is 1.99. The zero-order valence-electron chi connectivity index (χ0n) is 19.1. The van der Waals surface area contributed by atoms with Gasteiger partial charge in [-0.05, 0) is 85.8 Å². The Labute approximate surface area is 186 Å². The minimum atomic E-state index is 0.0504. The van der Waals surface area contributed by atoms with Crippen LogP contribution in [0.1, 0.15) is 62.7 Å². The second-order valence-electron chi connectivity index (χ2n) is 11.0. The van der Waals surface area contributed by atoms with E-state index in [2.05, 4.69) is 25.2 Å². The van der Waals surface area contributed by atoms with Crippen LogP contribution >= 0.6 is 0 Å². The smallest absolute Gasteiger partial charge is 0.251 e. The lowest BCUT2D eigenvalue weighted by Gasteiger charge is -2.60. The van der Waals surface area contributed by atoms with Crippen molar-refractivity contribution in [2.24, 2.45) is 34.5 Å². The van der Waals surface area contributed by atoms with E-state index in [1.807, 2.05) is 48.4 Å². The lowest BCUT2D eigenvalue weighted by atomic mass is 9.47. The Bertz CT molecular complexity index is 896. The highest BCUT2D eigenvalue weighted by Crippen LogP contribution is 2.65. The standard InChI is InChI=1S/C27H36N2O2/c1-26-15-13-22-20(10-12-23-27(22,2)16-14-24(30)29(23)3)21(26)11-9-19(26)17-28-25(31)18-7-5-4-6-8-18/h4-8,14,16,19-23H,9-13,15,17H2,1-3H3,(H,28,31)/t19?,20-,21-,22-,23+,26+,27+/m0/s1. The predicted molar refractivity (Wildman–Crippen MR) is 122 cm³/mol. The van der Waals surface area contributed by atoms with Crippen molar-refractivity contribution in [3.05, 3.63) is 48.0 Å². The molecule has 1 aromatic carbocycles. The number of hydrogen-bond donors (Lipinski definition) is 1. The van der Waals surface area contributed by atoms with E-state index >= 15 is 0 Å². The molecule has 4 heteroatoms. The van der Waals surface area contributed by atoms with Crippen LogP contribution in [0.4, 0.5) is 0 Å². The minimum absolute atomic E-state index is 0.0504. The molecule has 0 bridgehead atoms. The Morgan fingerprint density at radius 2 is 1.84 bits per heavy atom. The number of amides is 2. The van der Waals surface area contributed by atoms with E-state index < -0.39 is 0 Å². The molecule has 3 saturated carbocycles. The normalized spacial score (nSPS) is 41.3. The lowest BCUT2D eigenvalue weighted by Crippen LogP contribution is -2.59. The molecule has 0 radical (unpaired) electrons. The Morgan fingerprint density at radius 3 is 2.61 bits per heavy atom. The number of benzene rings is 1. The highest BCUT2D eigenvalue weighted by molar-refractivity contribution is 5.94. The van der Waals surface area contributed by atoms with Crippen LogP contribution in [0.15, 0.2) is 42.5 Å².